The highest BCUT2D eigenvalue weighted by molar-refractivity contribution is 4.88. The molecule has 0 aliphatic heterocycles. The lowest BCUT2D eigenvalue weighted by atomic mass is 9.83. The number of likely N-dealkylation sites (N-methyl/N-ethyl adjacent to an activating group) is 1. The van der Waals surface area contributed by atoms with Gasteiger partial charge in [0.1, 0.15) is 0 Å². The van der Waals surface area contributed by atoms with Crippen LogP contribution in [0, 0.1) is 5.92 Å². The predicted molar refractivity (Wildman–Crippen MR) is 82.4 cm³/mol. The average Bonchev–Trinajstić information content (AvgIpc) is 2.46. The van der Waals surface area contributed by atoms with Gasteiger partial charge >= 0.3 is 0 Å². The first kappa shape index (κ1) is 16.9. The molecule has 0 heterocycles. The van der Waals surface area contributed by atoms with E-state index in [4.69, 9.17) is 0 Å². The molecule has 1 saturated carbocycles. The average molecular weight is 270 g/mol. The van der Waals surface area contributed by atoms with Gasteiger partial charge in [0.2, 0.25) is 0 Å². The van der Waals surface area contributed by atoms with Crippen LogP contribution in [-0.2, 0) is 0 Å². The van der Waals surface area contributed by atoms with Gasteiger partial charge in [-0.1, -0.05) is 13.3 Å². The maximum absolute atomic E-state index is 9.51. The van der Waals surface area contributed by atoms with Gasteiger partial charge in [0.25, 0.3) is 0 Å². The van der Waals surface area contributed by atoms with Gasteiger partial charge < -0.3 is 15.3 Å². The molecule has 0 aromatic carbocycles. The third kappa shape index (κ3) is 4.73. The lowest BCUT2D eigenvalue weighted by Crippen LogP contribution is -2.50. The highest BCUT2D eigenvalue weighted by Gasteiger charge is 2.30. The monoisotopic (exact) mass is 270 g/mol. The molecule has 2 atom stereocenters. The summed E-state index contributed by atoms with van der Waals surface area (Å²) in [6.07, 6.45) is 7.80. The first-order valence-corrected chi connectivity index (χ1v) is 7.97. The van der Waals surface area contributed by atoms with E-state index in [2.05, 4.69) is 38.0 Å². The van der Waals surface area contributed by atoms with E-state index in [0.717, 1.165) is 18.4 Å². The molecule has 19 heavy (non-hydrogen) atoms. The van der Waals surface area contributed by atoms with Crippen molar-refractivity contribution < 1.29 is 5.11 Å². The van der Waals surface area contributed by atoms with Crippen LogP contribution in [0.15, 0.2) is 0 Å². The molecule has 3 heteroatoms. The van der Waals surface area contributed by atoms with Gasteiger partial charge in [0, 0.05) is 17.6 Å². The minimum atomic E-state index is -0.158. The van der Waals surface area contributed by atoms with Crippen LogP contribution in [0.4, 0.5) is 0 Å². The standard InChI is InChI=1S/C16H34N2O/c1-6-14-7-9-15(10-8-14)18(5)13(2)11-16(3,12-19)17-4/h13-15,17,19H,6-12H2,1-5H3. The number of aliphatic hydroxyl groups is 1. The van der Waals surface area contributed by atoms with E-state index in [0.29, 0.717) is 6.04 Å². The molecule has 2 N–H and O–H groups in total. The van der Waals surface area contributed by atoms with E-state index in [1.54, 1.807) is 0 Å². The molecule has 0 saturated heterocycles. The van der Waals surface area contributed by atoms with E-state index in [9.17, 15) is 5.11 Å². The Morgan fingerprint density at radius 3 is 2.32 bits per heavy atom. The van der Waals surface area contributed by atoms with Gasteiger partial charge in [-0.05, 0) is 66.0 Å². The normalized spacial score (nSPS) is 29.2. The quantitative estimate of drug-likeness (QED) is 0.746. The van der Waals surface area contributed by atoms with Crippen molar-refractivity contribution in [3.63, 3.8) is 0 Å². The zero-order valence-corrected chi connectivity index (χ0v) is 13.6. The topological polar surface area (TPSA) is 35.5 Å². The van der Waals surface area contributed by atoms with Crippen molar-refractivity contribution in [2.45, 2.75) is 76.9 Å². The number of nitrogens with zero attached hydrogens (tertiary/aromatic N) is 1. The molecule has 0 bridgehead atoms. The van der Waals surface area contributed by atoms with Crippen LogP contribution < -0.4 is 5.32 Å². The summed E-state index contributed by atoms with van der Waals surface area (Å²) in [5, 5.41) is 12.8. The van der Waals surface area contributed by atoms with E-state index in [1.807, 2.05) is 7.05 Å². The smallest absolute Gasteiger partial charge is 0.0611 e. The molecule has 0 aromatic heterocycles. The Morgan fingerprint density at radius 1 is 1.32 bits per heavy atom. The lowest BCUT2D eigenvalue weighted by molar-refractivity contribution is 0.0869. The highest BCUT2D eigenvalue weighted by atomic mass is 16.3. The summed E-state index contributed by atoms with van der Waals surface area (Å²) in [4.78, 5) is 2.54. The number of hydrogen-bond acceptors (Lipinski definition) is 3. The fourth-order valence-electron chi connectivity index (χ4n) is 3.36. The van der Waals surface area contributed by atoms with Crippen molar-refractivity contribution in [2.24, 2.45) is 5.92 Å². The largest absolute Gasteiger partial charge is 0.394 e. The lowest BCUT2D eigenvalue weighted by Gasteiger charge is -2.40. The Balaban J connectivity index is 2.46. The van der Waals surface area contributed by atoms with Crippen LogP contribution in [-0.4, -0.2) is 48.3 Å². The summed E-state index contributed by atoms with van der Waals surface area (Å²) in [6.45, 7) is 6.91. The Labute approximate surface area is 119 Å². The van der Waals surface area contributed by atoms with E-state index in [-0.39, 0.29) is 12.1 Å². The van der Waals surface area contributed by atoms with Gasteiger partial charge in [-0.25, -0.2) is 0 Å². The van der Waals surface area contributed by atoms with Crippen LogP contribution >= 0.6 is 0 Å². The van der Waals surface area contributed by atoms with Gasteiger partial charge in [-0.3, -0.25) is 0 Å². The molecule has 114 valence electrons. The van der Waals surface area contributed by atoms with Crippen LogP contribution in [0.2, 0.25) is 0 Å². The zero-order chi connectivity index (χ0) is 14.5. The van der Waals surface area contributed by atoms with Crippen molar-refractivity contribution in [3.8, 4) is 0 Å². The Hall–Kier alpha value is -0.120. The molecule has 0 radical (unpaired) electrons. The van der Waals surface area contributed by atoms with Gasteiger partial charge in [0.05, 0.1) is 6.61 Å². The molecule has 0 aromatic rings. The van der Waals surface area contributed by atoms with Crippen molar-refractivity contribution >= 4 is 0 Å². The summed E-state index contributed by atoms with van der Waals surface area (Å²) in [5.41, 5.74) is -0.158. The highest BCUT2D eigenvalue weighted by Crippen LogP contribution is 2.30. The number of hydrogen-bond donors (Lipinski definition) is 2. The minimum absolute atomic E-state index is 0.158. The first-order valence-electron chi connectivity index (χ1n) is 7.97. The summed E-state index contributed by atoms with van der Waals surface area (Å²) in [6, 6.07) is 1.24. The molecule has 0 spiro atoms. The summed E-state index contributed by atoms with van der Waals surface area (Å²) >= 11 is 0. The Kier molecular flexibility index (Phi) is 6.78. The van der Waals surface area contributed by atoms with Gasteiger partial charge in [0.15, 0.2) is 0 Å². The van der Waals surface area contributed by atoms with Crippen LogP contribution in [0.5, 0.6) is 0 Å². The zero-order valence-electron chi connectivity index (χ0n) is 13.6. The minimum Gasteiger partial charge on any atom is -0.394 e. The fourth-order valence-corrected chi connectivity index (χ4v) is 3.36. The molecule has 1 aliphatic rings. The third-order valence-electron chi connectivity index (χ3n) is 5.36. The van der Waals surface area contributed by atoms with E-state index >= 15 is 0 Å². The number of rotatable bonds is 7. The van der Waals surface area contributed by atoms with E-state index in [1.165, 1.54) is 32.1 Å². The summed E-state index contributed by atoms with van der Waals surface area (Å²) < 4.78 is 0. The summed E-state index contributed by atoms with van der Waals surface area (Å²) in [5.74, 6) is 0.958. The molecule has 3 nitrogen and oxygen atoms in total. The Morgan fingerprint density at radius 2 is 1.89 bits per heavy atom. The van der Waals surface area contributed by atoms with Gasteiger partial charge in [-0.2, -0.15) is 0 Å². The maximum atomic E-state index is 9.51. The molecular weight excluding hydrogens is 236 g/mol. The number of nitrogens with one attached hydrogen (secondary N) is 1. The predicted octanol–water partition coefficient (Wildman–Crippen LogP) is 2.64. The second-order valence-electron chi connectivity index (χ2n) is 6.77. The van der Waals surface area contributed by atoms with Crippen molar-refractivity contribution in [2.75, 3.05) is 20.7 Å². The fraction of sp³-hybridized carbons (Fsp3) is 1.00. The molecule has 1 aliphatic carbocycles. The first-order chi connectivity index (χ1) is 8.95. The maximum Gasteiger partial charge on any atom is 0.0611 e. The number of aliphatic hydroxyl groups excluding tert-OH is 1. The van der Waals surface area contributed by atoms with Gasteiger partial charge in [-0.15, -0.1) is 0 Å². The second-order valence-corrected chi connectivity index (χ2v) is 6.77. The molecule has 1 fully saturated rings. The van der Waals surface area contributed by atoms with Crippen molar-refractivity contribution in [1.82, 2.24) is 10.2 Å². The van der Waals surface area contributed by atoms with Crippen LogP contribution in [0.1, 0.15) is 59.3 Å². The summed E-state index contributed by atoms with van der Waals surface area (Å²) in [7, 11) is 4.20. The molecule has 1 rings (SSSR count). The van der Waals surface area contributed by atoms with Crippen LogP contribution in [0.25, 0.3) is 0 Å². The molecular formula is C16H34N2O. The Bertz CT molecular complexity index is 245. The molecule has 0 amide bonds. The third-order valence-corrected chi connectivity index (χ3v) is 5.36. The van der Waals surface area contributed by atoms with Crippen molar-refractivity contribution in [3.05, 3.63) is 0 Å². The second kappa shape index (κ2) is 7.61. The SMILES string of the molecule is CCC1CCC(N(C)C(C)CC(C)(CO)NC)CC1. The van der Waals surface area contributed by atoms with Crippen molar-refractivity contribution in [1.29, 1.82) is 0 Å². The van der Waals surface area contributed by atoms with E-state index < -0.39 is 0 Å². The molecule has 2 unspecified atom stereocenters. The van der Waals surface area contributed by atoms with Crippen LogP contribution in [0.3, 0.4) is 0 Å².